The Bertz CT molecular complexity index is 611. The van der Waals surface area contributed by atoms with Gasteiger partial charge in [-0.05, 0) is 30.2 Å². The molecule has 0 unspecified atom stereocenters. The van der Waals surface area contributed by atoms with Crippen molar-refractivity contribution in [3.63, 3.8) is 0 Å². The third-order valence-electron chi connectivity index (χ3n) is 3.35. The first-order valence-corrected chi connectivity index (χ1v) is 6.78. The van der Waals surface area contributed by atoms with Crippen molar-refractivity contribution in [2.75, 3.05) is 20.7 Å². The number of likely N-dealkylation sites (N-methyl/N-ethyl adjacent to an activating group) is 1. The fourth-order valence-corrected chi connectivity index (χ4v) is 2.09. The minimum Gasteiger partial charge on any atom is -0.504 e. The van der Waals surface area contributed by atoms with Crippen molar-refractivity contribution in [2.45, 2.75) is 6.42 Å². The number of ether oxygens (including phenoxy) is 1. The number of rotatable bonds is 5. The lowest BCUT2D eigenvalue weighted by Gasteiger charge is -2.17. The van der Waals surface area contributed by atoms with Crippen molar-refractivity contribution < 1.29 is 14.6 Å². The standard InChI is InChI=1S/C17H19NO3/c1-18(11-10-13-6-4-3-5-7-13)17(20)14-8-9-16(21-2)15(19)12-14/h3-9,12,19H,10-11H2,1-2H3. The smallest absolute Gasteiger partial charge is 0.253 e. The zero-order chi connectivity index (χ0) is 15.2. The largest absolute Gasteiger partial charge is 0.504 e. The summed E-state index contributed by atoms with van der Waals surface area (Å²) in [4.78, 5) is 13.9. The van der Waals surface area contributed by atoms with E-state index in [-0.39, 0.29) is 11.7 Å². The maximum absolute atomic E-state index is 12.3. The van der Waals surface area contributed by atoms with E-state index in [1.165, 1.54) is 18.7 Å². The quantitative estimate of drug-likeness (QED) is 0.919. The molecule has 0 aliphatic carbocycles. The van der Waals surface area contributed by atoms with Crippen LogP contribution in [0.1, 0.15) is 15.9 Å². The van der Waals surface area contributed by atoms with Gasteiger partial charge in [-0.2, -0.15) is 0 Å². The van der Waals surface area contributed by atoms with E-state index in [0.717, 1.165) is 6.42 Å². The van der Waals surface area contributed by atoms with E-state index < -0.39 is 0 Å². The van der Waals surface area contributed by atoms with Crippen LogP contribution >= 0.6 is 0 Å². The Morgan fingerprint density at radius 2 is 1.90 bits per heavy atom. The molecule has 0 spiro atoms. The molecule has 0 heterocycles. The molecule has 0 atom stereocenters. The predicted octanol–water partition coefficient (Wildman–Crippen LogP) is 2.72. The highest BCUT2D eigenvalue weighted by molar-refractivity contribution is 5.94. The van der Waals surface area contributed by atoms with Gasteiger partial charge in [0.15, 0.2) is 11.5 Å². The van der Waals surface area contributed by atoms with Crippen molar-refractivity contribution in [1.29, 1.82) is 0 Å². The summed E-state index contributed by atoms with van der Waals surface area (Å²) in [7, 11) is 3.23. The van der Waals surface area contributed by atoms with Crippen molar-refractivity contribution in [1.82, 2.24) is 4.90 Å². The number of hydrogen-bond donors (Lipinski definition) is 1. The molecule has 0 fully saturated rings. The molecule has 0 radical (unpaired) electrons. The number of aromatic hydroxyl groups is 1. The van der Waals surface area contributed by atoms with Gasteiger partial charge in [0.1, 0.15) is 0 Å². The second-order valence-corrected chi connectivity index (χ2v) is 4.85. The fourth-order valence-electron chi connectivity index (χ4n) is 2.09. The predicted molar refractivity (Wildman–Crippen MR) is 81.8 cm³/mol. The number of nitrogens with zero attached hydrogens (tertiary/aromatic N) is 1. The summed E-state index contributed by atoms with van der Waals surface area (Å²) < 4.78 is 4.97. The summed E-state index contributed by atoms with van der Waals surface area (Å²) >= 11 is 0. The van der Waals surface area contributed by atoms with Crippen molar-refractivity contribution in [2.24, 2.45) is 0 Å². The third-order valence-corrected chi connectivity index (χ3v) is 3.35. The summed E-state index contributed by atoms with van der Waals surface area (Å²) in [5, 5.41) is 9.73. The van der Waals surface area contributed by atoms with Crippen LogP contribution in [0.25, 0.3) is 0 Å². The number of hydrogen-bond acceptors (Lipinski definition) is 3. The van der Waals surface area contributed by atoms with Gasteiger partial charge in [-0.25, -0.2) is 0 Å². The zero-order valence-electron chi connectivity index (χ0n) is 12.2. The second kappa shape index (κ2) is 6.79. The highest BCUT2D eigenvalue weighted by atomic mass is 16.5. The van der Waals surface area contributed by atoms with Gasteiger partial charge in [-0.15, -0.1) is 0 Å². The van der Waals surface area contributed by atoms with Gasteiger partial charge in [0, 0.05) is 19.2 Å². The number of carbonyl (C=O) groups is 1. The molecule has 1 amide bonds. The normalized spacial score (nSPS) is 10.2. The molecule has 4 heteroatoms. The van der Waals surface area contributed by atoms with E-state index >= 15 is 0 Å². The molecule has 110 valence electrons. The highest BCUT2D eigenvalue weighted by Gasteiger charge is 2.13. The van der Waals surface area contributed by atoms with E-state index in [4.69, 9.17) is 4.74 Å². The molecule has 2 aromatic rings. The molecule has 0 bridgehead atoms. The molecular weight excluding hydrogens is 266 g/mol. The number of methoxy groups -OCH3 is 1. The molecular formula is C17H19NO3. The summed E-state index contributed by atoms with van der Waals surface area (Å²) in [6.07, 6.45) is 0.797. The minimum atomic E-state index is -0.121. The highest BCUT2D eigenvalue weighted by Crippen LogP contribution is 2.26. The van der Waals surface area contributed by atoms with Gasteiger partial charge in [0.2, 0.25) is 0 Å². The van der Waals surface area contributed by atoms with Crippen molar-refractivity contribution >= 4 is 5.91 Å². The number of amides is 1. The van der Waals surface area contributed by atoms with E-state index in [0.29, 0.717) is 17.9 Å². The Kier molecular flexibility index (Phi) is 4.82. The number of benzene rings is 2. The lowest BCUT2D eigenvalue weighted by Crippen LogP contribution is -2.28. The maximum atomic E-state index is 12.3. The molecule has 2 rings (SSSR count). The van der Waals surface area contributed by atoms with Crippen LogP contribution in [0.3, 0.4) is 0 Å². The maximum Gasteiger partial charge on any atom is 0.253 e. The van der Waals surface area contributed by atoms with E-state index in [2.05, 4.69) is 0 Å². The Morgan fingerprint density at radius 3 is 2.52 bits per heavy atom. The number of phenols is 1. The zero-order valence-corrected chi connectivity index (χ0v) is 12.2. The van der Waals surface area contributed by atoms with Crippen molar-refractivity contribution in [3.8, 4) is 11.5 Å². The van der Waals surface area contributed by atoms with Crippen LogP contribution in [-0.2, 0) is 6.42 Å². The van der Waals surface area contributed by atoms with E-state index in [9.17, 15) is 9.90 Å². The Morgan fingerprint density at radius 1 is 1.19 bits per heavy atom. The lowest BCUT2D eigenvalue weighted by atomic mass is 10.1. The lowest BCUT2D eigenvalue weighted by molar-refractivity contribution is 0.0796. The molecule has 0 aromatic heterocycles. The van der Waals surface area contributed by atoms with Crippen LogP contribution in [0.5, 0.6) is 11.5 Å². The van der Waals surface area contributed by atoms with Crippen LogP contribution in [0.4, 0.5) is 0 Å². The van der Waals surface area contributed by atoms with Crippen molar-refractivity contribution in [3.05, 3.63) is 59.7 Å². The minimum absolute atomic E-state index is 0.0280. The summed E-state index contributed by atoms with van der Waals surface area (Å²) in [6, 6.07) is 14.7. The SMILES string of the molecule is COc1ccc(C(=O)N(C)CCc2ccccc2)cc1O. The first-order valence-electron chi connectivity index (χ1n) is 6.78. The Labute approximate surface area is 124 Å². The van der Waals surface area contributed by atoms with Gasteiger partial charge in [0.25, 0.3) is 5.91 Å². The summed E-state index contributed by atoms with van der Waals surface area (Å²) in [5.74, 6) is 0.210. The molecule has 2 aromatic carbocycles. The monoisotopic (exact) mass is 285 g/mol. The molecule has 0 aliphatic rings. The van der Waals surface area contributed by atoms with Gasteiger partial charge >= 0.3 is 0 Å². The van der Waals surface area contributed by atoms with Crippen LogP contribution in [0, 0.1) is 0 Å². The summed E-state index contributed by atoms with van der Waals surface area (Å²) in [6.45, 7) is 0.621. The Hall–Kier alpha value is -2.49. The van der Waals surface area contributed by atoms with Crippen LogP contribution < -0.4 is 4.74 Å². The molecule has 4 nitrogen and oxygen atoms in total. The fraction of sp³-hybridized carbons (Fsp3) is 0.235. The van der Waals surface area contributed by atoms with E-state index in [1.807, 2.05) is 30.3 Å². The summed E-state index contributed by atoms with van der Waals surface area (Å²) in [5.41, 5.74) is 1.64. The first kappa shape index (κ1) is 14.9. The molecule has 0 saturated carbocycles. The third kappa shape index (κ3) is 3.75. The number of phenolic OH excluding ortho intramolecular Hbond substituents is 1. The van der Waals surface area contributed by atoms with Crippen LogP contribution in [0.2, 0.25) is 0 Å². The molecule has 21 heavy (non-hydrogen) atoms. The van der Waals surface area contributed by atoms with Crippen LogP contribution in [0.15, 0.2) is 48.5 Å². The first-order chi connectivity index (χ1) is 10.1. The number of carbonyl (C=O) groups excluding carboxylic acids is 1. The van der Waals surface area contributed by atoms with Gasteiger partial charge < -0.3 is 14.7 Å². The van der Waals surface area contributed by atoms with Gasteiger partial charge in [-0.3, -0.25) is 4.79 Å². The Balaban J connectivity index is 2.00. The topological polar surface area (TPSA) is 49.8 Å². The second-order valence-electron chi connectivity index (χ2n) is 4.85. The molecule has 0 saturated heterocycles. The average Bonchev–Trinajstić information content (AvgIpc) is 2.52. The average molecular weight is 285 g/mol. The van der Waals surface area contributed by atoms with E-state index in [1.54, 1.807) is 24.1 Å². The molecule has 1 N–H and O–H groups in total. The van der Waals surface area contributed by atoms with Gasteiger partial charge in [0.05, 0.1) is 7.11 Å². The molecule has 0 aliphatic heterocycles. The van der Waals surface area contributed by atoms with Gasteiger partial charge in [-0.1, -0.05) is 30.3 Å². The van der Waals surface area contributed by atoms with Crippen LogP contribution in [-0.4, -0.2) is 36.6 Å².